The average Bonchev–Trinajstić information content (AvgIpc) is 2.71. The van der Waals surface area contributed by atoms with E-state index < -0.39 is 6.10 Å². The first-order valence-corrected chi connectivity index (χ1v) is 10.3. The standard InChI is InChI=1S/C24H33NO2/c1-18-10-9-15-23(19(18)2)25-16-22(26)17-27-24(20-11-5-3-6-12-20)21-13-7-4-8-14-21/h3-8,11-14,18-19,22-26H,9-10,15-17H2,1-2H3/t18-,19-,22+,23+/m1/s1. The molecule has 2 N–H and O–H groups in total. The van der Waals surface area contributed by atoms with Crippen molar-refractivity contribution < 1.29 is 9.84 Å². The summed E-state index contributed by atoms with van der Waals surface area (Å²) in [6, 6.07) is 20.9. The van der Waals surface area contributed by atoms with Crippen LogP contribution in [-0.2, 0) is 4.74 Å². The van der Waals surface area contributed by atoms with Crippen molar-refractivity contribution in [2.75, 3.05) is 13.2 Å². The third-order valence-electron chi connectivity index (χ3n) is 5.98. The van der Waals surface area contributed by atoms with Gasteiger partial charge in [-0.15, -0.1) is 0 Å². The smallest absolute Gasteiger partial charge is 0.108 e. The maximum atomic E-state index is 10.5. The maximum Gasteiger partial charge on any atom is 0.108 e. The molecule has 1 fully saturated rings. The highest BCUT2D eigenvalue weighted by molar-refractivity contribution is 5.29. The Hall–Kier alpha value is -1.68. The van der Waals surface area contributed by atoms with E-state index in [-0.39, 0.29) is 6.10 Å². The van der Waals surface area contributed by atoms with Crippen LogP contribution in [0, 0.1) is 11.8 Å². The molecule has 3 rings (SSSR count). The molecule has 0 saturated heterocycles. The summed E-state index contributed by atoms with van der Waals surface area (Å²) in [5.74, 6) is 1.42. The Morgan fingerprint density at radius 1 is 0.963 bits per heavy atom. The number of hydrogen-bond acceptors (Lipinski definition) is 3. The average molecular weight is 368 g/mol. The Balaban J connectivity index is 1.55. The summed E-state index contributed by atoms with van der Waals surface area (Å²) < 4.78 is 6.17. The summed E-state index contributed by atoms with van der Waals surface area (Å²) in [7, 11) is 0. The van der Waals surface area contributed by atoms with Crippen LogP contribution in [0.5, 0.6) is 0 Å². The van der Waals surface area contributed by atoms with E-state index in [0.29, 0.717) is 25.1 Å². The van der Waals surface area contributed by atoms with Crippen LogP contribution in [0.4, 0.5) is 0 Å². The first kappa shape index (κ1) is 20.1. The number of benzene rings is 2. The quantitative estimate of drug-likeness (QED) is 0.718. The van der Waals surface area contributed by atoms with E-state index in [9.17, 15) is 5.11 Å². The predicted octanol–water partition coefficient (Wildman–Crippen LogP) is 4.57. The van der Waals surface area contributed by atoms with Crippen LogP contribution in [0.3, 0.4) is 0 Å². The van der Waals surface area contributed by atoms with Crippen LogP contribution in [-0.4, -0.2) is 30.4 Å². The molecule has 3 heteroatoms. The lowest BCUT2D eigenvalue weighted by molar-refractivity contribution is 0.00387. The second-order valence-electron chi connectivity index (χ2n) is 7.97. The van der Waals surface area contributed by atoms with Crippen molar-refractivity contribution in [3.63, 3.8) is 0 Å². The minimum absolute atomic E-state index is 0.157. The van der Waals surface area contributed by atoms with Crippen molar-refractivity contribution in [1.29, 1.82) is 0 Å². The third kappa shape index (κ3) is 5.65. The van der Waals surface area contributed by atoms with E-state index in [2.05, 4.69) is 43.4 Å². The van der Waals surface area contributed by atoms with Crippen molar-refractivity contribution in [2.24, 2.45) is 11.8 Å². The third-order valence-corrected chi connectivity index (χ3v) is 5.98. The van der Waals surface area contributed by atoms with Gasteiger partial charge in [-0.2, -0.15) is 0 Å². The fourth-order valence-electron chi connectivity index (χ4n) is 4.06. The summed E-state index contributed by atoms with van der Waals surface area (Å²) in [4.78, 5) is 0. The minimum Gasteiger partial charge on any atom is -0.389 e. The van der Waals surface area contributed by atoms with Gasteiger partial charge >= 0.3 is 0 Å². The Morgan fingerprint density at radius 3 is 2.15 bits per heavy atom. The summed E-state index contributed by atoms with van der Waals surface area (Å²) in [6.45, 7) is 5.56. The Bertz CT molecular complexity index is 621. The minimum atomic E-state index is -0.510. The van der Waals surface area contributed by atoms with Crippen LogP contribution < -0.4 is 5.32 Å². The molecule has 1 aliphatic rings. The van der Waals surface area contributed by atoms with Gasteiger partial charge < -0.3 is 15.2 Å². The lowest BCUT2D eigenvalue weighted by Crippen LogP contribution is -2.44. The Kier molecular flexibility index (Phi) is 7.45. The molecule has 2 aromatic rings. The van der Waals surface area contributed by atoms with Crippen molar-refractivity contribution >= 4 is 0 Å². The number of aliphatic hydroxyl groups is 1. The van der Waals surface area contributed by atoms with E-state index in [1.165, 1.54) is 19.3 Å². The topological polar surface area (TPSA) is 41.5 Å². The predicted molar refractivity (Wildman–Crippen MR) is 111 cm³/mol. The van der Waals surface area contributed by atoms with Gasteiger partial charge in [0.1, 0.15) is 6.10 Å². The normalized spacial score (nSPS) is 24.1. The van der Waals surface area contributed by atoms with Gasteiger partial charge in [0, 0.05) is 12.6 Å². The van der Waals surface area contributed by atoms with Gasteiger partial charge in [0.15, 0.2) is 0 Å². The van der Waals surface area contributed by atoms with Gasteiger partial charge in [-0.25, -0.2) is 0 Å². The highest BCUT2D eigenvalue weighted by Gasteiger charge is 2.27. The fourth-order valence-corrected chi connectivity index (χ4v) is 4.06. The van der Waals surface area contributed by atoms with Gasteiger partial charge in [0.05, 0.1) is 12.7 Å². The van der Waals surface area contributed by atoms with E-state index in [4.69, 9.17) is 4.74 Å². The number of hydrogen-bond donors (Lipinski definition) is 2. The van der Waals surface area contributed by atoms with Crippen molar-refractivity contribution in [2.45, 2.75) is 51.4 Å². The van der Waals surface area contributed by atoms with Gasteiger partial charge in [0.25, 0.3) is 0 Å². The summed E-state index contributed by atoms with van der Waals surface area (Å²) in [5, 5.41) is 14.1. The molecule has 0 bridgehead atoms. The van der Waals surface area contributed by atoms with Crippen LogP contribution in [0.25, 0.3) is 0 Å². The zero-order valence-corrected chi connectivity index (χ0v) is 16.6. The van der Waals surface area contributed by atoms with Crippen molar-refractivity contribution in [3.05, 3.63) is 71.8 Å². The SMILES string of the molecule is C[C@@H]1[C@H](C)CCC[C@@H]1NC[C@H](O)COC(c1ccccc1)c1ccccc1. The fraction of sp³-hybridized carbons (Fsp3) is 0.500. The van der Waals surface area contributed by atoms with E-state index >= 15 is 0 Å². The van der Waals surface area contributed by atoms with E-state index in [0.717, 1.165) is 17.0 Å². The van der Waals surface area contributed by atoms with E-state index in [1.54, 1.807) is 0 Å². The molecular weight excluding hydrogens is 334 g/mol. The number of nitrogens with one attached hydrogen (secondary N) is 1. The number of ether oxygens (including phenoxy) is 1. The molecule has 3 nitrogen and oxygen atoms in total. The van der Waals surface area contributed by atoms with Gasteiger partial charge in [-0.3, -0.25) is 0 Å². The van der Waals surface area contributed by atoms with E-state index in [1.807, 2.05) is 36.4 Å². The second kappa shape index (κ2) is 10.0. The highest BCUT2D eigenvalue weighted by atomic mass is 16.5. The summed E-state index contributed by atoms with van der Waals surface area (Å²) in [5.41, 5.74) is 2.22. The zero-order valence-electron chi connectivity index (χ0n) is 16.6. The van der Waals surface area contributed by atoms with Crippen molar-refractivity contribution in [1.82, 2.24) is 5.32 Å². The molecule has 0 aromatic heterocycles. The molecule has 0 amide bonds. The number of aliphatic hydroxyl groups excluding tert-OH is 1. The van der Waals surface area contributed by atoms with Crippen LogP contribution in [0.1, 0.15) is 50.3 Å². The molecule has 0 aliphatic heterocycles. The molecule has 146 valence electrons. The Morgan fingerprint density at radius 2 is 1.56 bits per heavy atom. The molecular formula is C24H33NO2. The summed E-state index contributed by atoms with van der Waals surface area (Å²) >= 11 is 0. The molecule has 27 heavy (non-hydrogen) atoms. The molecule has 4 atom stereocenters. The molecule has 0 heterocycles. The lowest BCUT2D eigenvalue weighted by Gasteiger charge is -2.35. The first-order chi connectivity index (χ1) is 13.1. The van der Waals surface area contributed by atoms with Crippen LogP contribution in [0.15, 0.2) is 60.7 Å². The van der Waals surface area contributed by atoms with Gasteiger partial charge in [-0.1, -0.05) is 87.4 Å². The van der Waals surface area contributed by atoms with Gasteiger partial charge in [-0.05, 0) is 29.4 Å². The molecule has 1 saturated carbocycles. The van der Waals surface area contributed by atoms with Crippen LogP contribution in [0.2, 0.25) is 0 Å². The highest BCUT2D eigenvalue weighted by Crippen LogP contribution is 2.29. The molecule has 0 unspecified atom stereocenters. The molecule has 0 radical (unpaired) electrons. The number of rotatable bonds is 8. The first-order valence-electron chi connectivity index (χ1n) is 10.3. The monoisotopic (exact) mass is 367 g/mol. The summed E-state index contributed by atoms with van der Waals surface area (Å²) in [6.07, 6.45) is 3.14. The van der Waals surface area contributed by atoms with Gasteiger partial charge in [0.2, 0.25) is 0 Å². The molecule has 2 aromatic carbocycles. The van der Waals surface area contributed by atoms with Crippen molar-refractivity contribution in [3.8, 4) is 0 Å². The molecule has 1 aliphatic carbocycles. The lowest BCUT2D eigenvalue weighted by atomic mass is 9.78. The Labute approximate surface area is 163 Å². The second-order valence-corrected chi connectivity index (χ2v) is 7.97. The zero-order chi connectivity index (χ0) is 19.1. The largest absolute Gasteiger partial charge is 0.389 e. The molecule has 0 spiro atoms. The maximum absolute atomic E-state index is 10.5. The van der Waals surface area contributed by atoms with Crippen LogP contribution >= 0.6 is 0 Å².